The summed E-state index contributed by atoms with van der Waals surface area (Å²) >= 11 is 5.86. The molecular weight excluding hydrogens is 286 g/mol. The number of likely N-dealkylation sites (N-methyl/N-ethyl adjacent to an activating group) is 1. The van der Waals surface area contributed by atoms with Crippen molar-refractivity contribution >= 4 is 21.4 Å². The van der Waals surface area contributed by atoms with Gasteiger partial charge in [-0.25, -0.2) is 8.42 Å². The quantitative estimate of drug-likeness (QED) is 0.833. The van der Waals surface area contributed by atoms with Crippen LogP contribution in [0.4, 0.5) is 0 Å². The number of rotatable bonds is 5. The van der Waals surface area contributed by atoms with Crippen LogP contribution in [0.2, 0.25) is 5.02 Å². The van der Waals surface area contributed by atoms with Crippen molar-refractivity contribution in [3.05, 3.63) is 29.3 Å². The summed E-state index contributed by atoms with van der Waals surface area (Å²) in [4.78, 5) is 2.05. The molecule has 0 aromatic heterocycles. The zero-order valence-electron chi connectivity index (χ0n) is 10.9. The number of hydrogen-bond acceptors (Lipinski definition) is 4. The predicted octanol–water partition coefficient (Wildman–Crippen LogP) is 1.84. The fourth-order valence-electron chi connectivity index (χ4n) is 2.17. The normalized spacial score (nSPS) is 21.7. The average Bonchev–Trinajstić information content (AvgIpc) is 2.70. The second kappa shape index (κ2) is 6.11. The highest BCUT2D eigenvalue weighted by Crippen LogP contribution is 2.18. The smallest absolute Gasteiger partial charge is 0.151 e. The SMILES string of the molecule is CN(CCOc1cccc(Cl)c1)C1CCS(=O)(=O)C1. The molecule has 1 atom stereocenters. The zero-order chi connectivity index (χ0) is 13.9. The van der Waals surface area contributed by atoms with Gasteiger partial charge in [0.05, 0.1) is 11.5 Å². The van der Waals surface area contributed by atoms with E-state index in [-0.39, 0.29) is 11.8 Å². The third kappa shape index (κ3) is 4.37. The fourth-order valence-corrected chi connectivity index (χ4v) is 4.16. The van der Waals surface area contributed by atoms with Crippen molar-refractivity contribution in [3.8, 4) is 5.75 Å². The lowest BCUT2D eigenvalue weighted by molar-refractivity contribution is 0.202. The molecule has 0 amide bonds. The first-order valence-corrected chi connectivity index (χ1v) is 8.45. The van der Waals surface area contributed by atoms with Gasteiger partial charge in [-0.2, -0.15) is 0 Å². The van der Waals surface area contributed by atoms with Crippen LogP contribution in [0.25, 0.3) is 0 Å². The number of hydrogen-bond donors (Lipinski definition) is 0. The molecule has 1 aliphatic rings. The molecule has 0 N–H and O–H groups in total. The van der Waals surface area contributed by atoms with Gasteiger partial charge in [0, 0.05) is 17.6 Å². The van der Waals surface area contributed by atoms with Crippen LogP contribution < -0.4 is 4.74 Å². The lowest BCUT2D eigenvalue weighted by Gasteiger charge is -2.22. The highest BCUT2D eigenvalue weighted by atomic mass is 35.5. The number of benzene rings is 1. The first kappa shape index (κ1) is 14.6. The molecule has 0 saturated carbocycles. The van der Waals surface area contributed by atoms with Gasteiger partial charge in [-0.1, -0.05) is 17.7 Å². The molecular formula is C13H18ClNO3S. The standard InChI is InChI=1S/C13H18ClNO3S/c1-15(12-5-8-19(16,17)10-12)6-7-18-13-4-2-3-11(14)9-13/h2-4,9,12H,5-8,10H2,1H3. The summed E-state index contributed by atoms with van der Waals surface area (Å²) in [6.45, 7) is 1.22. The molecule has 1 aromatic rings. The van der Waals surface area contributed by atoms with Crippen LogP contribution in [-0.2, 0) is 9.84 Å². The van der Waals surface area contributed by atoms with E-state index < -0.39 is 9.84 Å². The molecule has 1 fully saturated rings. The molecule has 1 unspecified atom stereocenters. The number of nitrogens with zero attached hydrogens (tertiary/aromatic N) is 1. The Labute approximate surface area is 119 Å². The van der Waals surface area contributed by atoms with E-state index in [4.69, 9.17) is 16.3 Å². The number of sulfone groups is 1. The van der Waals surface area contributed by atoms with Gasteiger partial charge in [-0.3, -0.25) is 4.90 Å². The fraction of sp³-hybridized carbons (Fsp3) is 0.538. The van der Waals surface area contributed by atoms with Gasteiger partial charge in [0.15, 0.2) is 9.84 Å². The molecule has 0 spiro atoms. The van der Waals surface area contributed by atoms with Crippen LogP contribution >= 0.6 is 11.6 Å². The van der Waals surface area contributed by atoms with Crippen LogP contribution in [0.15, 0.2) is 24.3 Å². The van der Waals surface area contributed by atoms with Gasteiger partial charge in [-0.05, 0) is 31.7 Å². The summed E-state index contributed by atoms with van der Waals surface area (Å²) in [6, 6.07) is 7.37. The van der Waals surface area contributed by atoms with Crippen LogP contribution in [0, 0.1) is 0 Å². The topological polar surface area (TPSA) is 46.6 Å². The van der Waals surface area contributed by atoms with Gasteiger partial charge >= 0.3 is 0 Å². The van der Waals surface area contributed by atoms with E-state index in [9.17, 15) is 8.42 Å². The molecule has 106 valence electrons. The van der Waals surface area contributed by atoms with E-state index in [2.05, 4.69) is 4.90 Å². The maximum Gasteiger partial charge on any atom is 0.151 e. The maximum atomic E-state index is 11.4. The van der Waals surface area contributed by atoms with E-state index in [1.54, 1.807) is 12.1 Å². The third-order valence-electron chi connectivity index (χ3n) is 3.34. The third-order valence-corrected chi connectivity index (χ3v) is 5.33. The van der Waals surface area contributed by atoms with Crippen LogP contribution in [0.1, 0.15) is 6.42 Å². The first-order chi connectivity index (χ1) is 8.96. The van der Waals surface area contributed by atoms with Crippen molar-refractivity contribution in [1.82, 2.24) is 4.90 Å². The number of ether oxygens (including phenoxy) is 1. The molecule has 19 heavy (non-hydrogen) atoms. The monoisotopic (exact) mass is 303 g/mol. The Balaban J connectivity index is 1.77. The summed E-state index contributed by atoms with van der Waals surface area (Å²) < 4.78 is 28.4. The summed E-state index contributed by atoms with van der Waals surface area (Å²) in [7, 11) is -0.886. The van der Waals surface area contributed by atoms with Gasteiger partial charge in [0.1, 0.15) is 12.4 Å². The molecule has 4 nitrogen and oxygen atoms in total. The highest BCUT2D eigenvalue weighted by molar-refractivity contribution is 7.91. The highest BCUT2D eigenvalue weighted by Gasteiger charge is 2.30. The maximum absolute atomic E-state index is 11.4. The average molecular weight is 304 g/mol. The lowest BCUT2D eigenvalue weighted by Crippen LogP contribution is -2.35. The minimum Gasteiger partial charge on any atom is -0.492 e. The predicted molar refractivity (Wildman–Crippen MR) is 76.6 cm³/mol. The largest absolute Gasteiger partial charge is 0.492 e. The van der Waals surface area contributed by atoms with Crippen LogP contribution in [-0.4, -0.2) is 51.1 Å². The minimum atomic E-state index is -2.82. The molecule has 2 rings (SSSR count). The van der Waals surface area contributed by atoms with E-state index in [1.807, 2.05) is 19.2 Å². The van der Waals surface area contributed by atoms with Crippen molar-refractivity contribution in [3.63, 3.8) is 0 Å². The summed E-state index contributed by atoms with van der Waals surface area (Å²) in [6.07, 6.45) is 0.718. The summed E-state index contributed by atoms with van der Waals surface area (Å²) in [5, 5.41) is 0.646. The van der Waals surface area contributed by atoms with Crippen molar-refractivity contribution in [1.29, 1.82) is 0 Å². The Kier molecular flexibility index (Phi) is 4.71. The Bertz CT molecular complexity index is 532. The van der Waals surface area contributed by atoms with Crippen molar-refractivity contribution in [2.45, 2.75) is 12.5 Å². The molecule has 1 heterocycles. The Hall–Kier alpha value is -0.780. The van der Waals surface area contributed by atoms with Crippen molar-refractivity contribution < 1.29 is 13.2 Å². The van der Waals surface area contributed by atoms with E-state index in [0.717, 1.165) is 12.2 Å². The van der Waals surface area contributed by atoms with Crippen molar-refractivity contribution in [2.24, 2.45) is 0 Å². The van der Waals surface area contributed by atoms with Crippen LogP contribution in [0.3, 0.4) is 0 Å². The van der Waals surface area contributed by atoms with E-state index in [1.165, 1.54) is 0 Å². The van der Waals surface area contributed by atoms with E-state index in [0.29, 0.717) is 23.9 Å². The Morgan fingerprint density at radius 2 is 2.26 bits per heavy atom. The molecule has 0 bridgehead atoms. The van der Waals surface area contributed by atoms with Gasteiger partial charge in [-0.15, -0.1) is 0 Å². The lowest BCUT2D eigenvalue weighted by atomic mass is 10.2. The van der Waals surface area contributed by atoms with Gasteiger partial charge in [0.25, 0.3) is 0 Å². The van der Waals surface area contributed by atoms with Crippen LogP contribution in [0.5, 0.6) is 5.75 Å². The minimum absolute atomic E-state index is 0.118. The molecule has 1 aromatic carbocycles. The second-order valence-corrected chi connectivity index (χ2v) is 7.51. The summed E-state index contributed by atoms with van der Waals surface area (Å²) in [5.74, 6) is 1.30. The summed E-state index contributed by atoms with van der Waals surface area (Å²) in [5.41, 5.74) is 0. The van der Waals surface area contributed by atoms with Gasteiger partial charge < -0.3 is 4.74 Å². The molecule has 1 saturated heterocycles. The zero-order valence-corrected chi connectivity index (χ0v) is 12.5. The van der Waals surface area contributed by atoms with E-state index >= 15 is 0 Å². The number of halogens is 1. The van der Waals surface area contributed by atoms with Gasteiger partial charge in [0.2, 0.25) is 0 Å². The molecule has 0 aliphatic carbocycles. The molecule has 1 aliphatic heterocycles. The molecule has 6 heteroatoms. The first-order valence-electron chi connectivity index (χ1n) is 6.25. The molecule has 0 radical (unpaired) electrons. The van der Waals surface area contributed by atoms with Crippen molar-refractivity contribution in [2.75, 3.05) is 31.7 Å². The Morgan fingerprint density at radius 3 is 2.89 bits per heavy atom. The Morgan fingerprint density at radius 1 is 1.47 bits per heavy atom. The second-order valence-electron chi connectivity index (χ2n) is 4.84.